The first-order valence-electron chi connectivity index (χ1n) is 11.2. The minimum Gasteiger partial charge on any atom is -0.355 e. The lowest BCUT2D eigenvalue weighted by Gasteiger charge is -2.35. The van der Waals surface area contributed by atoms with Crippen molar-refractivity contribution in [3.05, 3.63) is 59.7 Å². The summed E-state index contributed by atoms with van der Waals surface area (Å²) in [6.45, 7) is 7.45. The molecule has 1 amide bonds. The Balaban J connectivity index is 1.38. The van der Waals surface area contributed by atoms with Gasteiger partial charge in [0.1, 0.15) is 0 Å². The second kappa shape index (κ2) is 9.92. The fraction of sp³-hybridized carbons (Fsp3) is 0.458. The van der Waals surface area contributed by atoms with Crippen molar-refractivity contribution in [1.29, 1.82) is 0 Å². The highest BCUT2D eigenvalue weighted by molar-refractivity contribution is 6.00. The number of amides is 1. The van der Waals surface area contributed by atoms with Crippen molar-refractivity contribution in [2.45, 2.75) is 19.0 Å². The lowest BCUT2D eigenvalue weighted by Crippen LogP contribution is -2.50. The number of benzene rings is 2. The topological polar surface area (TPSA) is 38.8 Å². The zero-order valence-corrected chi connectivity index (χ0v) is 18.1. The van der Waals surface area contributed by atoms with E-state index in [1.807, 2.05) is 4.90 Å². The number of nitrogens with zero attached hydrogens (tertiary/aromatic N) is 3. The summed E-state index contributed by atoms with van der Waals surface area (Å²) in [7, 11) is 0. The number of carbonyl (C=O) groups excluding carboxylic acids is 1. The number of para-hydroxylation sites is 1. The monoisotopic (exact) mass is 446 g/mol. The van der Waals surface area contributed by atoms with Gasteiger partial charge in [-0.1, -0.05) is 18.2 Å². The van der Waals surface area contributed by atoms with Gasteiger partial charge in [-0.3, -0.25) is 9.69 Å². The number of hydrogen-bond donors (Lipinski definition) is 1. The summed E-state index contributed by atoms with van der Waals surface area (Å²) in [6, 6.07) is 12.0. The first-order chi connectivity index (χ1) is 15.4. The molecule has 0 bridgehead atoms. The first kappa shape index (κ1) is 22.6. The minimum absolute atomic E-state index is 0.0979. The Kier molecular flexibility index (Phi) is 7.01. The Morgan fingerprint density at radius 1 is 0.844 bits per heavy atom. The fourth-order valence-corrected chi connectivity index (χ4v) is 4.34. The van der Waals surface area contributed by atoms with Crippen molar-refractivity contribution >= 4 is 17.3 Å². The zero-order valence-electron chi connectivity index (χ0n) is 18.1. The van der Waals surface area contributed by atoms with Crippen LogP contribution in [0.25, 0.3) is 0 Å². The number of nitrogens with one attached hydrogen (secondary N) is 1. The van der Waals surface area contributed by atoms with Gasteiger partial charge in [0.2, 0.25) is 0 Å². The summed E-state index contributed by atoms with van der Waals surface area (Å²) in [5.41, 5.74) is 0.548. The third kappa shape index (κ3) is 5.61. The molecule has 1 N–H and O–H groups in total. The largest absolute Gasteiger partial charge is 0.416 e. The normalized spacial score (nSPS) is 18.2. The van der Waals surface area contributed by atoms with E-state index in [-0.39, 0.29) is 5.91 Å². The van der Waals surface area contributed by atoms with E-state index in [1.165, 1.54) is 32.0 Å². The molecule has 0 radical (unpaired) electrons. The number of anilines is 2. The van der Waals surface area contributed by atoms with Gasteiger partial charge in [-0.2, -0.15) is 13.2 Å². The average Bonchev–Trinajstić information content (AvgIpc) is 3.31. The predicted octanol–water partition coefficient (Wildman–Crippen LogP) is 4.30. The van der Waals surface area contributed by atoms with Crippen molar-refractivity contribution in [1.82, 2.24) is 14.7 Å². The van der Waals surface area contributed by atoms with Crippen LogP contribution in [0.5, 0.6) is 0 Å². The highest BCUT2D eigenvalue weighted by atomic mass is 19.4. The molecule has 4 rings (SSSR count). The number of hydrogen-bond acceptors (Lipinski definition) is 4. The lowest BCUT2D eigenvalue weighted by molar-refractivity contribution is -0.137. The van der Waals surface area contributed by atoms with Crippen molar-refractivity contribution in [2.24, 2.45) is 0 Å². The van der Waals surface area contributed by atoms with Crippen LogP contribution in [0, 0.1) is 0 Å². The number of piperazine rings is 1. The second-order valence-electron chi connectivity index (χ2n) is 8.43. The summed E-state index contributed by atoms with van der Waals surface area (Å²) in [4.78, 5) is 19.9. The number of alkyl halides is 3. The minimum atomic E-state index is -4.42. The predicted molar refractivity (Wildman–Crippen MR) is 119 cm³/mol. The average molecular weight is 447 g/mol. The maximum atomic E-state index is 13.2. The van der Waals surface area contributed by atoms with E-state index in [4.69, 9.17) is 0 Å². The molecule has 5 nitrogen and oxygen atoms in total. The van der Waals surface area contributed by atoms with E-state index in [9.17, 15) is 18.0 Å². The summed E-state index contributed by atoms with van der Waals surface area (Å²) < 4.78 is 39.1. The molecule has 2 fully saturated rings. The maximum Gasteiger partial charge on any atom is 0.416 e. The van der Waals surface area contributed by atoms with Gasteiger partial charge in [0.25, 0.3) is 5.91 Å². The second-order valence-corrected chi connectivity index (χ2v) is 8.43. The van der Waals surface area contributed by atoms with E-state index >= 15 is 0 Å². The standard InChI is InChI=1S/C24H29F3N4O/c25-24(26,27)19-6-5-7-20(18-19)28-22-9-2-1-8-21(22)23(32)31-16-14-30(15-17-31)13-12-29-10-3-4-11-29/h1-2,5-9,18,28H,3-4,10-17H2. The summed E-state index contributed by atoms with van der Waals surface area (Å²) in [6.07, 6.45) is -1.84. The number of halogens is 3. The van der Waals surface area contributed by atoms with Crippen LogP contribution in [0.1, 0.15) is 28.8 Å². The summed E-state index contributed by atoms with van der Waals surface area (Å²) in [5, 5.41) is 3.00. The Labute approximate surface area is 186 Å². The van der Waals surface area contributed by atoms with Crippen LogP contribution in [0.4, 0.5) is 24.5 Å². The molecule has 2 aromatic carbocycles. The molecular formula is C24H29F3N4O. The quantitative estimate of drug-likeness (QED) is 0.718. The van der Waals surface area contributed by atoms with Crippen molar-refractivity contribution < 1.29 is 18.0 Å². The molecule has 2 heterocycles. The zero-order chi connectivity index (χ0) is 22.6. The van der Waals surface area contributed by atoms with Gasteiger partial charge in [-0.25, -0.2) is 0 Å². The number of carbonyl (C=O) groups is 1. The van der Waals surface area contributed by atoms with Crippen LogP contribution < -0.4 is 5.32 Å². The molecule has 2 aliphatic heterocycles. The van der Waals surface area contributed by atoms with E-state index in [1.54, 1.807) is 30.3 Å². The molecule has 2 aliphatic rings. The fourth-order valence-electron chi connectivity index (χ4n) is 4.34. The van der Waals surface area contributed by atoms with Gasteiger partial charge < -0.3 is 15.1 Å². The van der Waals surface area contributed by atoms with Crippen LogP contribution in [-0.4, -0.2) is 73.0 Å². The molecule has 2 saturated heterocycles. The van der Waals surface area contributed by atoms with Crippen molar-refractivity contribution in [3.8, 4) is 0 Å². The Morgan fingerprint density at radius 3 is 2.19 bits per heavy atom. The molecule has 0 aliphatic carbocycles. The van der Waals surface area contributed by atoms with Crippen LogP contribution in [0.2, 0.25) is 0 Å². The third-order valence-electron chi connectivity index (χ3n) is 6.22. The van der Waals surface area contributed by atoms with E-state index in [0.717, 1.165) is 38.3 Å². The summed E-state index contributed by atoms with van der Waals surface area (Å²) in [5.74, 6) is -0.0979. The van der Waals surface area contributed by atoms with Crippen LogP contribution in [0.3, 0.4) is 0 Å². The van der Waals surface area contributed by atoms with Gasteiger partial charge in [0.05, 0.1) is 16.8 Å². The molecule has 0 unspecified atom stereocenters. The third-order valence-corrected chi connectivity index (χ3v) is 6.22. The van der Waals surface area contributed by atoms with Gasteiger partial charge in [-0.15, -0.1) is 0 Å². The molecule has 0 aromatic heterocycles. The SMILES string of the molecule is O=C(c1ccccc1Nc1cccc(C(F)(F)F)c1)N1CCN(CCN2CCCC2)CC1. The summed E-state index contributed by atoms with van der Waals surface area (Å²) >= 11 is 0. The highest BCUT2D eigenvalue weighted by Crippen LogP contribution is 2.32. The van der Waals surface area contributed by atoms with Gasteiger partial charge >= 0.3 is 6.18 Å². The number of rotatable bonds is 6. The Morgan fingerprint density at radius 2 is 1.50 bits per heavy atom. The molecule has 0 atom stereocenters. The van der Waals surface area contributed by atoms with E-state index in [0.29, 0.717) is 30.0 Å². The van der Waals surface area contributed by atoms with Gasteiger partial charge in [0.15, 0.2) is 0 Å². The highest BCUT2D eigenvalue weighted by Gasteiger charge is 2.30. The Bertz CT molecular complexity index is 919. The molecule has 0 spiro atoms. The first-order valence-corrected chi connectivity index (χ1v) is 11.2. The molecule has 8 heteroatoms. The van der Waals surface area contributed by atoms with E-state index < -0.39 is 11.7 Å². The lowest BCUT2D eigenvalue weighted by atomic mass is 10.1. The molecule has 172 valence electrons. The molecule has 2 aromatic rings. The van der Waals surface area contributed by atoms with Crippen molar-refractivity contribution in [2.75, 3.05) is 57.7 Å². The van der Waals surface area contributed by atoms with E-state index in [2.05, 4.69) is 15.1 Å². The Hall–Kier alpha value is -2.58. The molecule has 32 heavy (non-hydrogen) atoms. The molecule has 0 saturated carbocycles. The van der Waals surface area contributed by atoms with Crippen LogP contribution in [0.15, 0.2) is 48.5 Å². The van der Waals surface area contributed by atoms with Crippen LogP contribution >= 0.6 is 0 Å². The number of likely N-dealkylation sites (tertiary alicyclic amines) is 1. The van der Waals surface area contributed by atoms with Gasteiger partial charge in [-0.05, 0) is 56.3 Å². The van der Waals surface area contributed by atoms with Crippen LogP contribution in [-0.2, 0) is 6.18 Å². The molecular weight excluding hydrogens is 417 g/mol. The smallest absolute Gasteiger partial charge is 0.355 e. The van der Waals surface area contributed by atoms with Crippen molar-refractivity contribution in [3.63, 3.8) is 0 Å². The maximum absolute atomic E-state index is 13.2. The van der Waals surface area contributed by atoms with Gasteiger partial charge in [0, 0.05) is 45.0 Å².